The molecule has 2 heteroatoms. The van der Waals surface area contributed by atoms with Gasteiger partial charge < -0.3 is 4.79 Å². The molecule has 0 bridgehead atoms. The van der Waals surface area contributed by atoms with Crippen LogP contribution in [0.15, 0.2) is 12.7 Å². The molecule has 0 N–H and O–H groups in total. The van der Waals surface area contributed by atoms with Crippen LogP contribution in [-0.4, -0.2) is 11.7 Å². The molecule has 0 aromatic carbocycles. The fourth-order valence-electron chi connectivity index (χ4n) is 0.215. The first-order chi connectivity index (χ1) is 3.31. The van der Waals surface area contributed by atoms with Gasteiger partial charge in [0.25, 0.3) is 0 Å². The van der Waals surface area contributed by atoms with Crippen molar-refractivity contribution < 1.29 is 4.79 Å². The third-order valence-electron chi connectivity index (χ3n) is 0.539. The summed E-state index contributed by atoms with van der Waals surface area (Å²) in [5, 5.41) is -0.377. The second-order valence-corrected chi connectivity index (χ2v) is 1.74. The highest BCUT2D eigenvalue weighted by molar-refractivity contribution is 6.27. The molecule has 0 radical (unpaired) electrons. The van der Waals surface area contributed by atoms with Crippen molar-refractivity contribution in [2.75, 3.05) is 0 Å². The van der Waals surface area contributed by atoms with Gasteiger partial charge in [-0.05, 0) is 6.42 Å². The van der Waals surface area contributed by atoms with E-state index in [0.29, 0.717) is 12.7 Å². The van der Waals surface area contributed by atoms with E-state index in [0.717, 1.165) is 0 Å². The van der Waals surface area contributed by atoms with E-state index in [-0.39, 0.29) is 5.38 Å². The first kappa shape index (κ1) is 6.70. The molecule has 0 aromatic rings. The Hall–Kier alpha value is -0.300. The molecule has 0 spiro atoms. The average molecular weight is 119 g/mol. The zero-order valence-corrected chi connectivity index (χ0v) is 4.69. The van der Waals surface area contributed by atoms with Crippen molar-refractivity contribution in [3.8, 4) is 0 Å². The largest absolute Gasteiger partial charge is 0.302 e. The lowest BCUT2D eigenvalue weighted by Gasteiger charge is -1.88. The summed E-state index contributed by atoms with van der Waals surface area (Å²) >= 11 is 5.33. The minimum Gasteiger partial charge on any atom is -0.302 e. The summed E-state index contributed by atoms with van der Waals surface area (Å²) in [5.74, 6) is 0. The van der Waals surface area contributed by atoms with E-state index in [1.807, 2.05) is 0 Å². The van der Waals surface area contributed by atoms with Gasteiger partial charge >= 0.3 is 0 Å². The smallest absolute Gasteiger partial charge is 0.138 e. The van der Waals surface area contributed by atoms with Gasteiger partial charge in [-0.25, -0.2) is 0 Å². The fourth-order valence-corrected chi connectivity index (χ4v) is 0.341. The van der Waals surface area contributed by atoms with E-state index >= 15 is 0 Å². The topological polar surface area (TPSA) is 17.1 Å². The Bertz CT molecular complexity index is 70.5. The lowest BCUT2D eigenvalue weighted by molar-refractivity contribution is -0.107. The molecule has 1 nitrogen and oxygen atoms in total. The predicted molar refractivity (Wildman–Crippen MR) is 30.5 cm³/mol. The van der Waals surface area contributed by atoms with Gasteiger partial charge in [0.15, 0.2) is 0 Å². The average Bonchev–Trinajstić information content (AvgIpc) is 1.68. The molecule has 0 heterocycles. The van der Waals surface area contributed by atoms with Crippen molar-refractivity contribution in [1.29, 1.82) is 0 Å². The minimum atomic E-state index is -0.377. The van der Waals surface area contributed by atoms with Crippen molar-refractivity contribution in [3.05, 3.63) is 12.7 Å². The summed E-state index contributed by atoms with van der Waals surface area (Å²) in [4.78, 5) is 9.72. The lowest BCUT2D eigenvalue weighted by atomic mass is 10.3. The number of rotatable bonds is 3. The van der Waals surface area contributed by atoms with E-state index in [1.54, 1.807) is 6.08 Å². The molecule has 40 valence electrons. The van der Waals surface area contributed by atoms with Crippen LogP contribution in [0.2, 0.25) is 0 Å². The maximum Gasteiger partial charge on any atom is 0.138 e. The van der Waals surface area contributed by atoms with Gasteiger partial charge in [-0.15, -0.1) is 18.2 Å². The minimum absolute atomic E-state index is 0.377. The van der Waals surface area contributed by atoms with Crippen molar-refractivity contribution in [3.63, 3.8) is 0 Å². The van der Waals surface area contributed by atoms with Crippen LogP contribution < -0.4 is 0 Å². The van der Waals surface area contributed by atoms with Crippen LogP contribution in [0, 0.1) is 0 Å². The van der Waals surface area contributed by atoms with Crippen LogP contribution >= 0.6 is 11.6 Å². The Morgan fingerprint density at radius 1 is 1.86 bits per heavy atom. The van der Waals surface area contributed by atoms with Gasteiger partial charge in [-0.2, -0.15) is 0 Å². The summed E-state index contributed by atoms with van der Waals surface area (Å²) in [6.07, 6.45) is 2.88. The molecule has 0 saturated carbocycles. The molecule has 0 aliphatic heterocycles. The van der Waals surface area contributed by atoms with E-state index in [2.05, 4.69) is 6.58 Å². The highest BCUT2D eigenvalue weighted by Gasteiger charge is 1.94. The maximum absolute atomic E-state index is 9.72. The molecule has 0 amide bonds. The normalized spacial score (nSPS) is 12.7. The molecular formula is C5H7ClO. The van der Waals surface area contributed by atoms with Crippen LogP contribution in [0.5, 0.6) is 0 Å². The molecule has 1 atom stereocenters. The van der Waals surface area contributed by atoms with Crippen molar-refractivity contribution in [2.24, 2.45) is 0 Å². The summed E-state index contributed by atoms with van der Waals surface area (Å²) in [5.41, 5.74) is 0. The van der Waals surface area contributed by atoms with Crippen LogP contribution in [-0.2, 0) is 4.79 Å². The molecule has 0 aliphatic rings. The standard InChI is InChI=1S/C5H7ClO/c1-2-3-5(6)4-7/h2,4-5H,1,3H2/t5-/m1/s1. The van der Waals surface area contributed by atoms with Gasteiger partial charge in [-0.3, -0.25) is 0 Å². The molecule has 0 saturated heterocycles. The van der Waals surface area contributed by atoms with Crippen LogP contribution in [0.1, 0.15) is 6.42 Å². The first-order valence-corrected chi connectivity index (χ1v) is 2.45. The zero-order valence-electron chi connectivity index (χ0n) is 3.93. The summed E-state index contributed by atoms with van der Waals surface area (Å²) in [6.45, 7) is 3.41. The van der Waals surface area contributed by atoms with Crippen LogP contribution in [0.3, 0.4) is 0 Å². The number of alkyl halides is 1. The predicted octanol–water partition coefficient (Wildman–Crippen LogP) is 1.37. The molecule has 0 rings (SSSR count). The van der Waals surface area contributed by atoms with E-state index < -0.39 is 0 Å². The van der Waals surface area contributed by atoms with Gasteiger partial charge in [-0.1, -0.05) is 6.08 Å². The number of aldehydes is 1. The molecule has 0 unspecified atom stereocenters. The summed E-state index contributed by atoms with van der Waals surface area (Å²) in [6, 6.07) is 0. The second kappa shape index (κ2) is 3.88. The Labute approximate surface area is 48.0 Å². The summed E-state index contributed by atoms with van der Waals surface area (Å²) in [7, 11) is 0. The quantitative estimate of drug-likeness (QED) is 0.311. The Balaban J connectivity index is 3.15. The van der Waals surface area contributed by atoms with Crippen molar-refractivity contribution in [2.45, 2.75) is 11.8 Å². The molecule has 0 aromatic heterocycles. The van der Waals surface area contributed by atoms with Gasteiger partial charge in [0.1, 0.15) is 6.29 Å². The number of carbonyl (C=O) groups is 1. The molecule has 7 heavy (non-hydrogen) atoms. The monoisotopic (exact) mass is 118 g/mol. The third kappa shape index (κ3) is 3.53. The second-order valence-electron chi connectivity index (χ2n) is 1.18. The Morgan fingerprint density at radius 2 is 2.43 bits per heavy atom. The number of allylic oxidation sites excluding steroid dienone is 1. The van der Waals surface area contributed by atoms with Gasteiger partial charge in [0.05, 0.1) is 5.38 Å². The Kier molecular flexibility index (Phi) is 3.71. The number of hydrogen-bond acceptors (Lipinski definition) is 1. The van der Waals surface area contributed by atoms with E-state index in [1.165, 1.54) is 0 Å². The van der Waals surface area contributed by atoms with Crippen LogP contribution in [0.25, 0.3) is 0 Å². The lowest BCUT2D eigenvalue weighted by Crippen LogP contribution is -1.95. The van der Waals surface area contributed by atoms with Gasteiger partial charge in [0.2, 0.25) is 0 Å². The highest BCUT2D eigenvalue weighted by atomic mass is 35.5. The fraction of sp³-hybridized carbons (Fsp3) is 0.400. The first-order valence-electron chi connectivity index (χ1n) is 2.01. The molecule has 0 aliphatic carbocycles. The zero-order chi connectivity index (χ0) is 5.70. The molecule has 0 fully saturated rings. The third-order valence-corrected chi connectivity index (χ3v) is 0.821. The maximum atomic E-state index is 9.72. The number of hydrogen-bond donors (Lipinski definition) is 0. The SMILES string of the molecule is C=CC[C@@H](Cl)C=O. The highest BCUT2D eigenvalue weighted by Crippen LogP contribution is 1.96. The van der Waals surface area contributed by atoms with Crippen LogP contribution in [0.4, 0.5) is 0 Å². The molecular weight excluding hydrogens is 112 g/mol. The number of halogens is 1. The van der Waals surface area contributed by atoms with E-state index in [9.17, 15) is 4.79 Å². The Morgan fingerprint density at radius 3 is 2.57 bits per heavy atom. The summed E-state index contributed by atoms with van der Waals surface area (Å²) < 4.78 is 0. The van der Waals surface area contributed by atoms with E-state index in [4.69, 9.17) is 11.6 Å². The van der Waals surface area contributed by atoms with Crippen molar-refractivity contribution >= 4 is 17.9 Å². The number of carbonyl (C=O) groups excluding carboxylic acids is 1. The van der Waals surface area contributed by atoms with Gasteiger partial charge in [0, 0.05) is 0 Å². The van der Waals surface area contributed by atoms with Crippen molar-refractivity contribution in [1.82, 2.24) is 0 Å².